The first-order valence-corrected chi connectivity index (χ1v) is 6.20. The molecule has 0 saturated heterocycles. The fraction of sp³-hybridized carbons (Fsp3) is 0.250. The Balaban J connectivity index is 2.43. The second-order valence-corrected chi connectivity index (χ2v) is 4.96. The Morgan fingerprint density at radius 1 is 1.37 bits per heavy atom. The molecule has 0 bridgehead atoms. The molecule has 102 valence electrons. The monoisotopic (exact) mass is 333 g/mol. The van der Waals surface area contributed by atoms with Gasteiger partial charge in [0.05, 0.1) is 28.0 Å². The molecule has 0 fully saturated rings. The minimum atomic E-state index is -4.38. The maximum absolute atomic E-state index is 12.7. The van der Waals surface area contributed by atoms with Crippen molar-refractivity contribution < 1.29 is 13.2 Å². The minimum absolute atomic E-state index is 0.388. The number of aromatic nitrogens is 2. The molecule has 7 heteroatoms. The van der Waals surface area contributed by atoms with Crippen LogP contribution in [0.4, 0.5) is 13.2 Å². The van der Waals surface area contributed by atoms with E-state index in [1.165, 1.54) is 10.7 Å². The van der Waals surface area contributed by atoms with Crippen LogP contribution in [0.1, 0.15) is 22.9 Å². The van der Waals surface area contributed by atoms with Gasteiger partial charge in [-0.05, 0) is 33.6 Å². The van der Waals surface area contributed by atoms with E-state index >= 15 is 0 Å². The molecule has 0 radical (unpaired) electrons. The predicted molar refractivity (Wildman–Crippen MR) is 68.4 cm³/mol. The fourth-order valence-corrected chi connectivity index (χ4v) is 2.43. The van der Waals surface area contributed by atoms with Gasteiger partial charge in [-0.15, -0.1) is 0 Å². The Hall–Kier alpha value is -1.34. The second kappa shape index (κ2) is 4.97. The molecule has 19 heavy (non-hydrogen) atoms. The first-order chi connectivity index (χ1) is 8.80. The summed E-state index contributed by atoms with van der Waals surface area (Å²) in [5.74, 6) is 0. The Morgan fingerprint density at radius 3 is 2.58 bits per heavy atom. The van der Waals surface area contributed by atoms with E-state index in [0.717, 1.165) is 12.1 Å². The molecule has 1 aromatic heterocycles. The third-order valence-corrected chi connectivity index (χ3v) is 3.42. The SMILES string of the molecule is Cn1ncc(Br)c1C(N)c1cccc(C(F)(F)F)c1. The zero-order valence-corrected chi connectivity index (χ0v) is 11.5. The summed E-state index contributed by atoms with van der Waals surface area (Å²) in [4.78, 5) is 0. The number of benzene rings is 1. The second-order valence-electron chi connectivity index (χ2n) is 4.10. The third-order valence-electron chi connectivity index (χ3n) is 2.81. The van der Waals surface area contributed by atoms with Crippen molar-refractivity contribution in [2.75, 3.05) is 0 Å². The summed E-state index contributed by atoms with van der Waals surface area (Å²) >= 11 is 3.29. The van der Waals surface area contributed by atoms with Crippen LogP contribution in [0, 0.1) is 0 Å². The highest BCUT2D eigenvalue weighted by atomic mass is 79.9. The van der Waals surface area contributed by atoms with Crippen molar-refractivity contribution in [2.45, 2.75) is 12.2 Å². The largest absolute Gasteiger partial charge is 0.416 e. The molecule has 1 heterocycles. The maximum atomic E-state index is 12.7. The normalized spacial score (nSPS) is 13.6. The molecular weight excluding hydrogens is 323 g/mol. The molecule has 0 amide bonds. The molecule has 0 aliphatic rings. The van der Waals surface area contributed by atoms with Crippen LogP contribution >= 0.6 is 15.9 Å². The van der Waals surface area contributed by atoms with Gasteiger partial charge in [-0.25, -0.2) is 0 Å². The lowest BCUT2D eigenvalue weighted by atomic mass is 10.0. The molecule has 2 rings (SSSR count). The third kappa shape index (κ3) is 2.82. The molecule has 0 saturated carbocycles. The van der Waals surface area contributed by atoms with E-state index < -0.39 is 17.8 Å². The smallest absolute Gasteiger partial charge is 0.319 e. The molecule has 1 aromatic carbocycles. The summed E-state index contributed by atoms with van der Waals surface area (Å²) in [7, 11) is 1.69. The van der Waals surface area contributed by atoms with Crippen molar-refractivity contribution in [3.63, 3.8) is 0 Å². The van der Waals surface area contributed by atoms with Crippen LogP contribution in [0.2, 0.25) is 0 Å². The zero-order valence-electron chi connectivity index (χ0n) is 9.95. The number of aryl methyl sites for hydroxylation is 1. The summed E-state index contributed by atoms with van der Waals surface area (Å²) in [5.41, 5.74) is 6.32. The number of rotatable bonds is 2. The highest BCUT2D eigenvalue weighted by Crippen LogP contribution is 2.32. The summed E-state index contributed by atoms with van der Waals surface area (Å²) in [6.45, 7) is 0. The number of hydrogen-bond acceptors (Lipinski definition) is 2. The molecule has 0 spiro atoms. The van der Waals surface area contributed by atoms with E-state index in [1.807, 2.05) is 0 Å². The Morgan fingerprint density at radius 2 is 2.05 bits per heavy atom. The first kappa shape index (κ1) is 14.1. The van der Waals surface area contributed by atoms with Crippen LogP contribution in [0.3, 0.4) is 0 Å². The highest BCUT2D eigenvalue weighted by Gasteiger charge is 2.31. The van der Waals surface area contributed by atoms with Gasteiger partial charge in [0, 0.05) is 7.05 Å². The summed E-state index contributed by atoms with van der Waals surface area (Å²) in [6, 6.07) is 4.32. The Kier molecular flexibility index (Phi) is 3.69. The average molecular weight is 334 g/mol. The standard InChI is InChI=1S/C12H11BrF3N3/c1-19-11(9(13)6-18-19)10(17)7-3-2-4-8(5-7)12(14,15)16/h2-6,10H,17H2,1H3. The number of halogens is 4. The van der Waals surface area contributed by atoms with Crippen molar-refractivity contribution in [1.29, 1.82) is 0 Å². The van der Waals surface area contributed by atoms with Gasteiger partial charge >= 0.3 is 6.18 Å². The van der Waals surface area contributed by atoms with E-state index in [4.69, 9.17) is 5.73 Å². The van der Waals surface area contributed by atoms with E-state index in [2.05, 4.69) is 21.0 Å². The number of alkyl halides is 3. The molecule has 3 nitrogen and oxygen atoms in total. The molecule has 1 unspecified atom stereocenters. The zero-order chi connectivity index (χ0) is 14.2. The quantitative estimate of drug-likeness (QED) is 0.916. The van der Waals surface area contributed by atoms with Crippen molar-refractivity contribution in [2.24, 2.45) is 12.8 Å². The maximum Gasteiger partial charge on any atom is 0.416 e. The Bertz CT molecular complexity index is 573. The first-order valence-electron chi connectivity index (χ1n) is 5.41. The van der Waals surface area contributed by atoms with Gasteiger partial charge in [0.25, 0.3) is 0 Å². The van der Waals surface area contributed by atoms with Crippen LogP contribution in [0.25, 0.3) is 0 Å². The van der Waals surface area contributed by atoms with Gasteiger partial charge in [0.1, 0.15) is 0 Å². The van der Waals surface area contributed by atoms with Gasteiger partial charge in [0.15, 0.2) is 0 Å². The topological polar surface area (TPSA) is 43.8 Å². The van der Waals surface area contributed by atoms with Crippen molar-refractivity contribution in [1.82, 2.24) is 9.78 Å². The van der Waals surface area contributed by atoms with E-state index in [0.29, 0.717) is 15.7 Å². The number of nitrogens with zero attached hydrogens (tertiary/aromatic N) is 2. The van der Waals surface area contributed by atoms with Crippen LogP contribution in [0.15, 0.2) is 34.9 Å². The van der Waals surface area contributed by atoms with Gasteiger partial charge in [-0.1, -0.05) is 12.1 Å². The molecule has 2 aromatic rings. The van der Waals surface area contributed by atoms with Gasteiger partial charge in [0.2, 0.25) is 0 Å². The molecular formula is C12H11BrF3N3. The summed E-state index contributed by atoms with van der Waals surface area (Å²) in [5, 5.41) is 4.00. The number of nitrogens with two attached hydrogens (primary N) is 1. The lowest BCUT2D eigenvalue weighted by Gasteiger charge is -2.15. The van der Waals surface area contributed by atoms with Crippen LogP contribution in [-0.2, 0) is 13.2 Å². The molecule has 1 atom stereocenters. The van der Waals surface area contributed by atoms with Gasteiger partial charge in [-0.3, -0.25) is 4.68 Å². The number of hydrogen-bond donors (Lipinski definition) is 1. The van der Waals surface area contributed by atoms with E-state index in [-0.39, 0.29) is 0 Å². The molecule has 2 N–H and O–H groups in total. The van der Waals surface area contributed by atoms with E-state index in [9.17, 15) is 13.2 Å². The lowest BCUT2D eigenvalue weighted by Crippen LogP contribution is -2.17. The summed E-state index contributed by atoms with van der Waals surface area (Å²) in [6.07, 6.45) is -2.82. The molecule has 0 aliphatic carbocycles. The summed E-state index contributed by atoms with van der Waals surface area (Å²) < 4.78 is 40.2. The Labute approximate surface area is 116 Å². The van der Waals surface area contributed by atoms with Crippen molar-refractivity contribution in [3.05, 3.63) is 51.8 Å². The van der Waals surface area contributed by atoms with Crippen LogP contribution in [0.5, 0.6) is 0 Å². The lowest BCUT2D eigenvalue weighted by molar-refractivity contribution is -0.137. The van der Waals surface area contributed by atoms with Crippen molar-refractivity contribution in [3.8, 4) is 0 Å². The van der Waals surface area contributed by atoms with Crippen LogP contribution < -0.4 is 5.73 Å². The van der Waals surface area contributed by atoms with Crippen LogP contribution in [-0.4, -0.2) is 9.78 Å². The van der Waals surface area contributed by atoms with Crippen molar-refractivity contribution >= 4 is 15.9 Å². The molecule has 0 aliphatic heterocycles. The predicted octanol–water partition coefficient (Wildman–Crippen LogP) is 3.25. The van der Waals surface area contributed by atoms with Gasteiger partial charge in [-0.2, -0.15) is 18.3 Å². The van der Waals surface area contributed by atoms with E-state index in [1.54, 1.807) is 19.3 Å². The fourth-order valence-electron chi connectivity index (χ4n) is 1.84. The minimum Gasteiger partial charge on any atom is -0.319 e. The average Bonchev–Trinajstić information content (AvgIpc) is 2.67. The highest BCUT2D eigenvalue weighted by molar-refractivity contribution is 9.10. The van der Waals surface area contributed by atoms with Gasteiger partial charge < -0.3 is 5.73 Å².